The molecule has 1 amide bonds. The highest BCUT2D eigenvalue weighted by Crippen LogP contribution is 2.44. The number of carbonyl (C=O) groups excluding carboxylic acids is 1. The van der Waals surface area contributed by atoms with Gasteiger partial charge in [0, 0.05) is 20.3 Å². The van der Waals surface area contributed by atoms with Gasteiger partial charge in [0.2, 0.25) is 5.76 Å². The summed E-state index contributed by atoms with van der Waals surface area (Å²) in [4.78, 5) is 25.8. The molecule has 1 N–H and O–H groups in total. The van der Waals surface area contributed by atoms with Gasteiger partial charge in [0.1, 0.15) is 0 Å². The molecule has 3 atom stereocenters. The van der Waals surface area contributed by atoms with Crippen molar-refractivity contribution in [3.63, 3.8) is 0 Å². The number of likely N-dealkylation sites (tertiary alicyclic amines) is 1. The fourth-order valence-corrected chi connectivity index (χ4v) is 4.14. The number of hydrogen-bond acceptors (Lipinski definition) is 5. The van der Waals surface area contributed by atoms with Crippen molar-refractivity contribution in [2.45, 2.75) is 56.3 Å². The number of ether oxygens (including phenoxy) is 2. The molecule has 24 heavy (non-hydrogen) atoms. The Kier molecular flexibility index (Phi) is 4.00. The van der Waals surface area contributed by atoms with E-state index in [4.69, 9.17) is 14.0 Å². The quantitative estimate of drug-likeness (QED) is 0.882. The predicted molar refractivity (Wildman–Crippen MR) is 84.8 cm³/mol. The van der Waals surface area contributed by atoms with E-state index in [2.05, 4.69) is 5.16 Å². The minimum absolute atomic E-state index is 0.0341. The summed E-state index contributed by atoms with van der Waals surface area (Å²) in [7, 11) is 1.72. The number of nitrogens with one attached hydrogen (secondary N) is 1. The van der Waals surface area contributed by atoms with E-state index in [0.717, 1.165) is 38.2 Å². The highest BCUT2D eigenvalue weighted by Gasteiger charge is 2.53. The van der Waals surface area contributed by atoms with Gasteiger partial charge in [-0.25, -0.2) is 0 Å². The van der Waals surface area contributed by atoms with Gasteiger partial charge in [-0.15, -0.1) is 0 Å². The summed E-state index contributed by atoms with van der Waals surface area (Å²) in [6, 6.07) is 1.17. The zero-order valence-electron chi connectivity index (χ0n) is 14.0. The smallest absolute Gasteiger partial charge is 0.292 e. The number of fused-ring (bicyclic) bond motifs is 1. The van der Waals surface area contributed by atoms with Crippen LogP contribution in [0.5, 0.6) is 0 Å². The lowest BCUT2D eigenvalue weighted by Crippen LogP contribution is -2.53. The summed E-state index contributed by atoms with van der Waals surface area (Å²) in [6.45, 7) is 1.44. The molecule has 3 fully saturated rings. The van der Waals surface area contributed by atoms with Crippen LogP contribution in [0.25, 0.3) is 0 Å². The third-order valence-electron chi connectivity index (χ3n) is 5.80. The first-order valence-corrected chi connectivity index (χ1v) is 8.77. The maximum Gasteiger partial charge on any atom is 0.292 e. The number of H-pyrrole nitrogens is 1. The second-order valence-electron chi connectivity index (χ2n) is 7.28. The minimum atomic E-state index is -0.398. The van der Waals surface area contributed by atoms with E-state index in [-0.39, 0.29) is 29.4 Å². The Labute approximate surface area is 140 Å². The van der Waals surface area contributed by atoms with Crippen LogP contribution in [0, 0.1) is 5.92 Å². The molecular formula is C17H24N2O5. The van der Waals surface area contributed by atoms with Crippen molar-refractivity contribution < 1.29 is 18.8 Å². The SMILES string of the molecule is CO[C@@]12CC[C@H](OCC3CC3)C[C@@H]1N(C(=O)c1cc(=O)[nH]o1)CC2. The van der Waals surface area contributed by atoms with Crippen LogP contribution in [-0.4, -0.2) is 54.0 Å². The van der Waals surface area contributed by atoms with E-state index in [1.54, 1.807) is 12.0 Å². The Morgan fingerprint density at radius 3 is 2.92 bits per heavy atom. The van der Waals surface area contributed by atoms with Gasteiger partial charge >= 0.3 is 0 Å². The number of aromatic nitrogens is 1. The van der Waals surface area contributed by atoms with Crippen LogP contribution in [0.2, 0.25) is 0 Å². The van der Waals surface area contributed by atoms with Crippen molar-refractivity contribution in [2.75, 3.05) is 20.3 Å². The number of nitrogens with zero attached hydrogens (tertiary/aromatic N) is 1. The maximum absolute atomic E-state index is 12.7. The van der Waals surface area contributed by atoms with Gasteiger partial charge in [-0.3, -0.25) is 9.59 Å². The lowest BCUT2D eigenvalue weighted by Gasteiger charge is -2.43. The third-order valence-corrected chi connectivity index (χ3v) is 5.80. The van der Waals surface area contributed by atoms with Crippen LogP contribution in [0.4, 0.5) is 0 Å². The number of rotatable bonds is 5. The molecule has 7 nitrogen and oxygen atoms in total. The van der Waals surface area contributed by atoms with Crippen molar-refractivity contribution in [3.8, 4) is 0 Å². The number of amides is 1. The molecule has 2 aliphatic carbocycles. The van der Waals surface area contributed by atoms with Crippen molar-refractivity contribution in [3.05, 3.63) is 22.2 Å². The Balaban J connectivity index is 1.50. The molecular weight excluding hydrogens is 312 g/mol. The summed E-state index contributed by atoms with van der Waals surface area (Å²) >= 11 is 0. The van der Waals surface area contributed by atoms with E-state index in [0.29, 0.717) is 6.54 Å². The molecule has 0 unspecified atom stereocenters. The molecule has 1 aromatic heterocycles. The van der Waals surface area contributed by atoms with Crippen LogP contribution < -0.4 is 5.56 Å². The van der Waals surface area contributed by atoms with E-state index in [1.165, 1.54) is 18.9 Å². The molecule has 0 spiro atoms. The third kappa shape index (κ3) is 2.80. The highest BCUT2D eigenvalue weighted by atomic mass is 16.5. The first-order valence-electron chi connectivity index (χ1n) is 8.77. The maximum atomic E-state index is 12.7. The first kappa shape index (κ1) is 15.9. The molecule has 1 saturated heterocycles. The molecule has 2 heterocycles. The molecule has 132 valence electrons. The average molecular weight is 336 g/mol. The molecule has 3 aliphatic rings. The minimum Gasteiger partial charge on any atom is -0.378 e. The predicted octanol–water partition coefficient (Wildman–Crippen LogP) is 1.55. The molecule has 2 saturated carbocycles. The zero-order chi connectivity index (χ0) is 16.7. The molecule has 1 aromatic rings. The first-order chi connectivity index (χ1) is 11.6. The van der Waals surface area contributed by atoms with Gasteiger partial charge in [0.15, 0.2) is 0 Å². The van der Waals surface area contributed by atoms with Gasteiger partial charge in [0.05, 0.1) is 23.8 Å². The molecule has 7 heteroatoms. The Bertz CT molecular complexity index is 664. The van der Waals surface area contributed by atoms with E-state index >= 15 is 0 Å². The van der Waals surface area contributed by atoms with Crippen LogP contribution >= 0.6 is 0 Å². The summed E-state index contributed by atoms with van der Waals surface area (Å²) in [6.07, 6.45) is 6.17. The summed E-state index contributed by atoms with van der Waals surface area (Å²) in [5.41, 5.74) is -0.698. The number of hydrogen-bond donors (Lipinski definition) is 1. The molecule has 0 bridgehead atoms. The number of methoxy groups -OCH3 is 1. The monoisotopic (exact) mass is 336 g/mol. The summed E-state index contributed by atoms with van der Waals surface area (Å²) in [5.74, 6) is 0.544. The standard InChI is InChI=1S/C17H24N2O5/c1-22-17-5-4-12(23-10-11-2-3-11)8-14(17)19(7-6-17)16(21)13-9-15(20)18-24-13/h9,11-12,14H,2-8,10H2,1H3,(H,18,20)/t12-,14-,17+/m0/s1. The number of carbonyl (C=O) groups is 1. The van der Waals surface area contributed by atoms with Gasteiger partial charge in [-0.05, 0) is 44.4 Å². The van der Waals surface area contributed by atoms with E-state index in [1.807, 2.05) is 0 Å². The van der Waals surface area contributed by atoms with Crippen LogP contribution in [0.3, 0.4) is 0 Å². The Morgan fingerprint density at radius 2 is 2.25 bits per heavy atom. The van der Waals surface area contributed by atoms with E-state index in [9.17, 15) is 9.59 Å². The molecule has 0 aromatic carbocycles. The summed E-state index contributed by atoms with van der Waals surface area (Å²) in [5, 5.41) is 2.18. The van der Waals surface area contributed by atoms with Gasteiger partial charge in [-0.2, -0.15) is 5.16 Å². The van der Waals surface area contributed by atoms with Gasteiger partial charge in [-0.1, -0.05) is 0 Å². The molecule has 4 rings (SSSR count). The average Bonchev–Trinajstić information content (AvgIpc) is 3.20. The normalized spacial score (nSPS) is 32.8. The van der Waals surface area contributed by atoms with Crippen molar-refractivity contribution in [2.24, 2.45) is 5.92 Å². The fourth-order valence-electron chi connectivity index (χ4n) is 4.14. The van der Waals surface area contributed by atoms with Crippen molar-refractivity contribution in [1.82, 2.24) is 10.1 Å². The lowest BCUT2D eigenvalue weighted by atomic mass is 9.79. The fraction of sp³-hybridized carbons (Fsp3) is 0.765. The molecule has 1 aliphatic heterocycles. The van der Waals surface area contributed by atoms with Gasteiger partial charge in [0.25, 0.3) is 11.5 Å². The van der Waals surface area contributed by atoms with Crippen molar-refractivity contribution >= 4 is 5.91 Å². The second kappa shape index (κ2) is 6.04. The Morgan fingerprint density at radius 1 is 1.42 bits per heavy atom. The lowest BCUT2D eigenvalue weighted by molar-refractivity contribution is -0.0979. The highest BCUT2D eigenvalue weighted by molar-refractivity contribution is 5.91. The van der Waals surface area contributed by atoms with Crippen LogP contribution in [0.1, 0.15) is 49.1 Å². The Hall–Kier alpha value is -1.60. The topological polar surface area (TPSA) is 84.8 Å². The van der Waals surface area contributed by atoms with Gasteiger partial charge < -0.3 is 18.9 Å². The summed E-state index contributed by atoms with van der Waals surface area (Å²) < 4.78 is 16.9. The molecule has 0 radical (unpaired) electrons. The zero-order valence-corrected chi connectivity index (χ0v) is 14.0. The van der Waals surface area contributed by atoms with Crippen LogP contribution in [-0.2, 0) is 9.47 Å². The van der Waals surface area contributed by atoms with E-state index < -0.39 is 5.56 Å². The second-order valence-corrected chi connectivity index (χ2v) is 7.28. The van der Waals surface area contributed by atoms with Crippen LogP contribution in [0.15, 0.2) is 15.4 Å². The number of aromatic amines is 1. The van der Waals surface area contributed by atoms with Crippen molar-refractivity contribution in [1.29, 1.82) is 0 Å². The largest absolute Gasteiger partial charge is 0.378 e.